The van der Waals surface area contributed by atoms with Crippen molar-refractivity contribution in [3.05, 3.63) is 59.2 Å². The van der Waals surface area contributed by atoms with Crippen molar-refractivity contribution >= 4 is 17.3 Å². The van der Waals surface area contributed by atoms with E-state index in [2.05, 4.69) is 10.6 Å². The molecule has 0 aromatic heterocycles. The van der Waals surface area contributed by atoms with Gasteiger partial charge in [-0.05, 0) is 61.2 Å². The van der Waals surface area contributed by atoms with E-state index in [0.717, 1.165) is 28.9 Å². The second-order valence-electron chi connectivity index (χ2n) is 6.69. The predicted octanol–water partition coefficient (Wildman–Crippen LogP) is 4.06. The molecule has 4 N–H and O–H groups in total. The van der Waals surface area contributed by atoms with Crippen LogP contribution in [0, 0.1) is 6.92 Å². The molecule has 3 rings (SSSR count). The second-order valence-corrected chi connectivity index (χ2v) is 6.69. The van der Waals surface area contributed by atoms with E-state index in [0.29, 0.717) is 25.1 Å². The zero-order valence-corrected chi connectivity index (χ0v) is 14.3. The van der Waals surface area contributed by atoms with E-state index < -0.39 is 17.3 Å². The molecule has 0 heterocycles. The van der Waals surface area contributed by atoms with Gasteiger partial charge in [0.1, 0.15) is 0 Å². The molecule has 1 amide bonds. The number of rotatable bonds is 5. The predicted molar refractivity (Wildman–Crippen MR) is 94.7 cm³/mol. The third kappa shape index (κ3) is 4.16. The molecule has 7 heteroatoms. The van der Waals surface area contributed by atoms with E-state index in [1.807, 2.05) is 19.1 Å². The molecule has 4 nitrogen and oxygen atoms in total. The van der Waals surface area contributed by atoms with Gasteiger partial charge < -0.3 is 16.4 Å². The highest BCUT2D eigenvalue weighted by Gasteiger charge is 2.46. The first kappa shape index (κ1) is 18.3. The van der Waals surface area contributed by atoms with E-state index >= 15 is 0 Å². The number of anilines is 2. The Balaban J connectivity index is 1.60. The molecule has 1 aliphatic carbocycles. The quantitative estimate of drug-likeness (QED) is 0.751. The summed E-state index contributed by atoms with van der Waals surface area (Å²) in [6.07, 6.45) is -2.93. The van der Waals surface area contributed by atoms with Crippen LogP contribution in [0.2, 0.25) is 0 Å². The van der Waals surface area contributed by atoms with E-state index in [-0.39, 0.29) is 5.91 Å². The number of aryl methyl sites for hydroxylation is 1. The van der Waals surface area contributed by atoms with Crippen molar-refractivity contribution in [1.29, 1.82) is 0 Å². The van der Waals surface area contributed by atoms with E-state index in [1.165, 1.54) is 12.1 Å². The molecule has 0 bridgehead atoms. The second kappa shape index (κ2) is 6.64. The summed E-state index contributed by atoms with van der Waals surface area (Å²) in [5.74, 6) is -0.175. The molecule has 1 aliphatic rings. The molecule has 0 unspecified atom stereocenters. The Bertz CT molecular complexity index is 812. The lowest BCUT2D eigenvalue weighted by molar-refractivity contribution is -0.137. The molecule has 0 radical (unpaired) electrons. The van der Waals surface area contributed by atoms with Gasteiger partial charge in [-0.15, -0.1) is 0 Å². The average Bonchev–Trinajstić information content (AvgIpc) is 3.34. The summed E-state index contributed by atoms with van der Waals surface area (Å²) in [5, 5.41) is 6.00. The Kier molecular flexibility index (Phi) is 4.66. The van der Waals surface area contributed by atoms with Crippen LogP contribution in [-0.2, 0) is 17.5 Å². The van der Waals surface area contributed by atoms with Gasteiger partial charge >= 0.3 is 6.18 Å². The van der Waals surface area contributed by atoms with Crippen LogP contribution in [0.4, 0.5) is 24.5 Å². The highest BCUT2D eigenvalue weighted by atomic mass is 19.4. The number of benzene rings is 2. The third-order valence-corrected chi connectivity index (χ3v) is 4.49. The zero-order chi connectivity index (χ0) is 18.9. The summed E-state index contributed by atoms with van der Waals surface area (Å²) >= 11 is 0. The normalized spacial score (nSPS) is 15.4. The molecule has 1 fully saturated rings. The molecule has 0 saturated heterocycles. The first-order valence-electron chi connectivity index (χ1n) is 8.28. The molecule has 0 aliphatic heterocycles. The lowest BCUT2D eigenvalue weighted by Crippen LogP contribution is -2.37. The average molecular weight is 363 g/mol. The number of hydrogen-bond donors (Lipinski definition) is 3. The summed E-state index contributed by atoms with van der Waals surface area (Å²) in [5.41, 5.74) is 7.61. The van der Waals surface area contributed by atoms with Crippen molar-refractivity contribution in [2.75, 3.05) is 10.6 Å². The number of nitrogens with one attached hydrogen (secondary N) is 2. The minimum absolute atomic E-state index is 0.175. The molecule has 138 valence electrons. The van der Waals surface area contributed by atoms with Gasteiger partial charge in [0.2, 0.25) is 5.91 Å². The number of hydrogen-bond acceptors (Lipinski definition) is 3. The Morgan fingerprint density at radius 2 is 1.81 bits per heavy atom. The summed E-state index contributed by atoms with van der Waals surface area (Å²) in [6, 6.07) is 10.5. The van der Waals surface area contributed by atoms with Crippen molar-refractivity contribution in [2.24, 2.45) is 5.73 Å². The Morgan fingerprint density at radius 1 is 1.15 bits per heavy atom. The van der Waals surface area contributed by atoms with Crippen LogP contribution < -0.4 is 16.4 Å². The molecule has 2 aromatic carbocycles. The van der Waals surface area contributed by atoms with Gasteiger partial charge in [-0.2, -0.15) is 13.2 Å². The molecular weight excluding hydrogens is 343 g/mol. The Labute approximate surface area is 149 Å². The number of amides is 1. The smallest absolute Gasteiger partial charge is 0.381 e. The lowest BCUT2D eigenvalue weighted by atomic mass is 10.1. The molecular formula is C19H20F3N3O. The first-order valence-corrected chi connectivity index (χ1v) is 8.28. The minimum Gasteiger partial charge on any atom is -0.381 e. The Morgan fingerprint density at radius 3 is 2.35 bits per heavy atom. The SMILES string of the molecule is Cc1cc(NCc2ccc(C(F)(F)F)cc2)ccc1NC(=O)C1(N)CC1. The van der Waals surface area contributed by atoms with Gasteiger partial charge in [-0.1, -0.05) is 12.1 Å². The van der Waals surface area contributed by atoms with Crippen LogP contribution in [0.3, 0.4) is 0 Å². The Hall–Kier alpha value is -2.54. The number of halogens is 3. The standard InChI is InChI=1S/C19H20F3N3O/c1-12-10-15(6-7-16(12)25-17(26)18(23)8-9-18)24-11-13-2-4-14(5-3-13)19(20,21)22/h2-7,10,24H,8-9,11,23H2,1H3,(H,25,26). The molecule has 1 saturated carbocycles. The molecule has 2 aromatic rings. The molecule has 26 heavy (non-hydrogen) atoms. The van der Waals surface area contributed by atoms with Crippen LogP contribution in [-0.4, -0.2) is 11.4 Å². The van der Waals surface area contributed by atoms with Gasteiger partial charge in [-0.25, -0.2) is 0 Å². The van der Waals surface area contributed by atoms with Crippen LogP contribution in [0.25, 0.3) is 0 Å². The summed E-state index contributed by atoms with van der Waals surface area (Å²) in [7, 11) is 0. The van der Waals surface area contributed by atoms with Crippen molar-refractivity contribution in [3.63, 3.8) is 0 Å². The summed E-state index contributed by atoms with van der Waals surface area (Å²) in [4.78, 5) is 12.0. The van der Waals surface area contributed by atoms with Gasteiger partial charge in [0.25, 0.3) is 0 Å². The van der Waals surface area contributed by atoms with Gasteiger partial charge in [0, 0.05) is 17.9 Å². The van der Waals surface area contributed by atoms with Gasteiger partial charge in [0.15, 0.2) is 0 Å². The maximum Gasteiger partial charge on any atom is 0.416 e. The molecule has 0 atom stereocenters. The fourth-order valence-corrected chi connectivity index (χ4v) is 2.54. The topological polar surface area (TPSA) is 67.1 Å². The lowest BCUT2D eigenvalue weighted by Gasteiger charge is -2.14. The minimum atomic E-state index is -4.33. The van der Waals surface area contributed by atoms with Gasteiger partial charge in [-0.3, -0.25) is 4.79 Å². The highest BCUT2D eigenvalue weighted by molar-refractivity contribution is 6.00. The van der Waals surface area contributed by atoms with Crippen LogP contribution in [0.1, 0.15) is 29.5 Å². The van der Waals surface area contributed by atoms with Crippen LogP contribution >= 0.6 is 0 Å². The maximum atomic E-state index is 12.6. The monoisotopic (exact) mass is 363 g/mol. The van der Waals surface area contributed by atoms with Gasteiger partial charge in [0.05, 0.1) is 11.1 Å². The van der Waals surface area contributed by atoms with Crippen molar-refractivity contribution in [2.45, 2.75) is 38.0 Å². The first-order chi connectivity index (χ1) is 12.2. The maximum absolute atomic E-state index is 12.6. The van der Waals surface area contributed by atoms with E-state index in [9.17, 15) is 18.0 Å². The number of nitrogens with two attached hydrogens (primary N) is 1. The summed E-state index contributed by atoms with van der Waals surface area (Å²) < 4.78 is 37.7. The van der Waals surface area contributed by atoms with E-state index in [4.69, 9.17) is 5.73 Å². The van der Waals surface area contributed by atoms with E-state index in [1.54, 1.807) is 6.07 Å². The highest BCUT2D eigenvalue weighted by Crippen LogP contribution is 2.34. The van der Waals surface area contributed by atoms with Crippen molar-refractivity contribution < 1.29 is 18.0 Å². The number of alkyl halides is 3. The zero-order valence-electron chi connectivity index (χ0n) is 14.3. The fourth-order valence-electron chi connectivity index (χ4n) is 2.54. The third-order valence-electron chi connectivity index (χ3n) is 4.49. The van der Waals surface area contributed by atoms with Crippen LogP contribution in [0.5, 0.6) is 0 Å². The number of carbonyl (C=O) groups excluding carboxylic acids is 1. The number of carbonyl (C=O) groups is 1. The van der Waals surface area contributed by atoms with Crippen LogP contribution in [0.15, 0.2) is 42.5 Å². The summed E-state index contributed by atoms with van der Waals surface area (Å²) in [6.45, 7) is 2.27. The largest absolute Gasteiger partial charge is 0.416 e. The molecule has 0 spiro atoms. The fraction of sp³-hybridized carbons (Fsp3) is 0.316. The van der Waals surface area contributed by atoms with Crippen molar-refractivity contribution in [1.82, 2.24) is 0 Å². The van der Waals surface area contributed by atoms with Crippen molar-refractivity contribution in [3.8, 4) is 0 Å².